The van der Waals surface area contributed by atoms with Gasteiger partial charge in [-0.25, -0.2) is 34.7 Å². The number of carboxylic acids is 2. The predicted molar refractivity (Wildman–Crippen MR) is 236 cm³/mol. The summed E-state index contributed by atoms with van der Waals surface area (Å²) in [6, 6.07) is -6.79. The van der Waals surface area contributed by atoms with E-state index in [1.807, 2.05) is 0 Å². The number of carboxylic acid groups (broad SMARTS) is 2. The SMILES string of the molecule is N[C@@H]1[C@@H](OS(=O)(=O)O)[C@H](O[C@@H]2O[C@@H](C(=O)O)[C@@H](O[C@H]3O[C@H](COS(=O)(=O)O)[C@@H](O[C@H]4O[C@H](C(=O)O)[C@@H](O[C@H]5O[C@H](COS(=O)(=O)O)[C@@H](O)[C@H](O)[C@H]5N)[C@H](O)[C@H]4O)[C@H](OS(=O)(=O)O)[C@H]3N)[C@H](O)[C@H]2OS(=O)(=O)O)[C@@H](COS(=O)(=O)O)O[C@@H]1O. The Morgan fingerprint density at radius 2 is 0.707 bits per heavy atom. The van der Waals surface area contributed by atoms with E-state index < -0.39 is 247 Å². The molecule has 0 aromatic heterocycles. The Bertz CT molecular complexity index is 2920. The number of hydrogen-bond donors (Lipinski definition) is 17. The Kier molecular flexibility index (Phi) is 23.0. The number of hydrogen-bond acceptors (Lipinski definition) is 38. The van der Waals surface area contributed by atoms with Gasteiger partial charge in [-0.3, -0.25) is 27.3 Å². The van der Waals surface area contributed by atoms with Crippen molar-refractivity contribution in [3.05, 3.63) is 0 Å². The maximum Gasteiger partial charge on any atom is 0.397 e. The summed E-state index contributed by atoms with van der Waals surface area (Å²) in [7, 11) is -34.3. The molecule has 0 radical (unpaired) electrons. The minimum atomic E-state index is -6.03. The molecule has 5 saturated heterocycles. The summed E-state index contributed by atoms with van der Waals surface area (Å²) in [5.74, 6) is -4.52. The lowest BCUT2D eigenvalue weighted by Crippen LogP contribution is -2.70. The highest BCUT2D eigenvalue weighted by Gasteiger charge is 2.60. The highest BCUT2D eigenvalue weighted by atomic mass is 32.3. The summed E-state index contributed by atoms with van der Waals surface area (Å²) in [5.41, 5.74) is 17.7. The van der Waals surface area contributed by atoms with Crippen LogP contribution in [0.3, 0.4) is 0 Å². The van der Waals surface area contributed by atoms with Crippen molar-refractivity contribution in [1.29, 1.82) is 0 Å². The van der Waals surface area contributed by atoms with Crippen molar-refractivity contribution in [3.63, 3.8) is 0 Å². The smallest absolute Gasteiger partial charge is 0.397 e. The van der Waals surface area contributed by atoms with Crippen LogP contribution in [0.2, 0.25) is 0 Å². The lowest BCUT2D eigenvalue weighted by Gasteiger charge is -2.50. The standard InChI is InChI=1S/C30H51N3O43S6/c31-7-11(35)10(34)4(1-62-77(44,45)46)66-27(7)70-19-12(36)13(37)29(72-22(19)24(39)40)68-16-6(3-64-79(50,51)52)67-28(9(33)18(16)75-81(56,57)58)71-20-14(38)21(76-82(59,60)61)30(73-23(20)25(41)42)69-15-5(2-63-78(47,48)49)65-26(43)8(32)17(15)74-80(53,54)55/h4-23,26-30,34-38,43H,1-3,31-33H2,(H,39,40)(H,41,42)(H,44,45,46)(H,47,48,49)(H,50,51,52)(H,53,54,55)(H,56,57,58)(H,59,60,61)/t4-,5-,6-,7-,8-,9-,10-,11-,12-,13-,14+,15-,16-,17-,18-,19+,20+,21-,22+,23-,26+,27-,28-,29+,30-/m1/s1. The quantitative estimate of drug-likeness (QED) is 0.0377. The third-order valence-electron chi connectivity index (χ3n) is 11.7. The Morgan fingerprint density at radius 1 is 0.354 bits per heavy atom. The molecule has 480 valence electrons. The first-order valence-corrected chi connectivity index (χ1v) is 30.0. The van der Waals surface area contributed by atoms with E-state index in [2.05, 4.69) is 25.1 Å². The zero-order chi connectivity index (χ0) is 62.3. The van der Waals surface area contributed by atoms with Crippen LogP contribution in [-0.2, 0) is 140 Å². The van der Waals surface area contributed by atoms with Crippen LogP contribution in [0.4, 0.5) is 0 Å². The molecule has 25 atom stereocenters. The Hall–Kier alpha value is -2.56. The fourth-order valence-corrected chi connectivity index (χ4v) is 10.7. The first-order chi connectivity index (χ1) is 37.3. The van der Waals surface area contributed by atoms with Gasteiger partial charge < -0.3 is 101 Å². The second-order valence-corrected chi connectivity index (χ2v) is 23.8. The number of nitrogens with two attached hydrogens (primary N) is 3. The molecule has 52 heteroatoms. The summed E-state index contributed by atoms with van der Waals surface area (Å²) in [6.07, 6.45) is -57.7. The number of ether oxygens (including phenoxy) is 9. The highest BCUT2D eigenvalue weighted by molar-refractivity contribution is 7.82. The first kappa shape index (κ1) is 70.2. The zero-order valence-corrected chi connectivity index (χ0v) is 44.7. The van der Waals surface area contributed by atoms with Gasteiger partial charge in [0.15, 0.2) is 49.8 Å². The van der Waals surface area contributed by atoms with E-state index >= 15 is 0 Å². The number of rotatable bonds is 25. The van der Waals surface area contributed by atoms with E-state index in [4.69, 9.17) is 68.9 Å². The van der Waals surface area contributed by atoms with Crippen molar-refractivity contribution in [3.8, 4) is 0 Å². The van der Waals surface area contributed by atoms with Gasteiger partial charge in [0.1, 0.15) is 85.5 Å². The van der Waals surface area contributed by atoms with Crippen LogP contribution < -0.4 is 17.2 Å². The van der Waals surface area contributed by atoms with Crippen molar-refractivity contribution in [2.75, 3.05) is 19.8 Å². The fraction of sp³-hybridized carbons (Fsp3) is 0.933. The number of aliphatic carboxylic acids is 2. The summed E-state index contributed by atoms with van der Waals surface area (Å²) in [5, 5.41) is 85.7. The van der Waals surface area contributed by atoms with Crippen LogP contribution in [0.5, 0.6) is 0 Å². The van der Waals surface area contributed by atoms with Crippen LogP contribution in [0.25, 0.3) is 0 Å². The van der Waals surface area contributed by atoms with Gasteiger partial charge in [-0.2, -0.15) is 50.5 Å². The molecule has 0 bridgehead atoms. The molecule has 0 aromatic rings. The number of carbonyl (C=O) groups is 2. The molecule has 5 aliphatic rings. The summed E-state index contributed by atoms with van der Waals surface area (Å²) >= 11 is 0. The zero-order valence-electron chi connectivity index (χ0n) is 39.8. The van der Waals surface area contributed by atoms with Gasteiger partial charge in [0.25, 0.3) is 0 Å². The van der Waals surface area contributed by atoms with Gasteiger partial charge in [-0.1, -0.05) is 0 Å². The Labute approximate surface area is 459 Å². The van der Waals surface area contributed by atoms with E-state index in [-0.39, 0.29) is 0 Å². The average molecular weight is 1330 g/mol. The van der Waals surface area contributed by atoms with Crippen LogP contribution in [0.1, 0.15) is 0 Å². The van der Waals surface area contributed by atoms with E-state index in [0.29, 0.717) is 0 Å². The topological polar surface area (TPSA) is 739 Å². The van der Waals surface area contributed by atoms with Crippen LogP contribution >= 0.6 is 0 Å². The molecular formula is C30H51N3O43S6. The van der Waals surface area contributed by atoms with Crippen molar-refractivity contribution in [2.24, 2.45) is 17.2 Å². The van der Waals surface area contributed by atoms with E-state index in [9.17, 15) is 119 Å². The molecule has 0 amide bonds. The number of aliphatic hydroxyl groups is 6. The molecule has 0 saturated carbocycles. The molecule has 0 aliphatic carbocycles. The van der Waals surface area contributed by atoms with Crippen LogP contribution in [0, 0.1) is 0 Å². The summed E-state index contributed by atoms with van der Waals surface area (Å²) < 4.78 is 272. The lowest BCUT2D eigenvalue weighted by molar-refractivity contribution is -0.371. The average Bonchev–Trinajstić information content (AvgIpc) is 3.23. The maximum atomic E-state index is 12.8. The Morgan fingerprint density at radius 3 is 1.15 bits per heavy atom. The molecular weight excluding hydrogens is 1280 g/mol. The molecule has 5 aliphatic heterocycles. The molecule has 46 nitrogen and oxygen atoms in total. The molecule has 0 unspecified atom stereocenters. The van der Waals surface area contributed by atoms with E-state index in [1.54, 1.807) is 0 Å². The van der Waals surface area contributed by atoms with Crippen molar-refractivity contribution in [1.82, 2.24) is 0 Å². The number of aliphatic hydroxyl groups excluding tert-OH is 6. The van der Waals surface area contributed by atoms with Crippen LogP contribution in [0.15, 0.2) is 0 Å². The second-order valence-electron chi connectivity index (χ2n) is 17.4. The summed E-state index contributed by atoms with van der Waals surface area (Å²) in [4.78, 5) is 25.4. The van der Waals surface area contributed by atoms with E-state index in [1.165, 1.54) is 0 Å². The highest BCUT2D eigenvalue weighted by Crippen LogP contribution is 2.38. The van der Waals surface area contributed by atoms with Gasteiger partial charge >= 0.3 is 74.3 Å². The third kappa shape index (κ3) is 19.0. The second kappa shape index (κ2) is 26.8. The molecule has 82 heavy (non-hydrogen) atoms. The first-order valence-electron chi connectivity index (χ1n) is 21.8. The normalized spacial score (nSPS) is 41.2. The van der Waals surface area contributed by atoms with E-state index in [0.717, 1.165) is 0 Å². The van der Waals surface area contributed by atoms with Crippen molar-refractivity contribution in [2.45, 2.75) is 153 Å². The molecule has 5 heterocycles. The maximum absolute atomic E-state index is 12.8. The predicted octanol–water partition coefficient (Wildman–Crippen LogP) is -12.9. The van der Waals surface area contributed by atoms with Crippen LogP contribution in [-0.4, -0.2) is 304 Å². The van der Waals surface area contributed by atoms with Gasteiger partial charge in [0.05, 0.1) is 37.9 Å². The largest absolute Gasteiger partial charge is 0.479 e. The molecule has 5 rings (SSSR count). The molecule has 0 spiro atoms. The lowest BCUT2D eigenvalue weighted by atomic mass is 9.94. The third-order valence-corrected chi connectivity index (χ3v) is 14.4. The van der Waals surface area contributed by atoms with Gasteiger partial charge in [-0.15, -0.1) is 0 Å². The molecule has 5 fully saturated rings. The van der Waals surface area contributed by atoms with Gasteiger partial charge in [0, 0.05) is 0 Å². The fourth-order valence-electron chi connectivity index (χ4n) is 8.23. The van der Waals surface area contributed by atoms with Crippen molar-refractivity contribution >= 4 is 74.3 Å². The summed E-state index contributed by atoms with van der Waals surface area (Å²) in [6.45, 7) is -4.59. The molecule has 0 aromatic carbocycles. The van der Waals surface area contributed by atoms with Gasteiger partial charge in [-0.05, 0) is 0 Å². The van der Waals surface area contributed by atoms with Crippen molar-refractivity contribution < 1.29 is 196 Å². The van der Waals surface area contributed by atoms with Gasteiger partial charge in [0.2, 0.25) is 0 Å². The Balaban J connectivity index is 1.50. The minimum Gasteiger partial charge on any atom is -0.479 e. The monoisotopic (exact) mass is 1330 g/mol. The minimum absolute atomic E-state index is 1.27. The molecule has 20 N–H and O–H groups in total.